The van der Waals surface area contributed by atoms with Crippen LogP contribution in [0.2, 0.25) is 0 Å². The molecule has 1 heterocycles. The first-order valence-corrected chi connectivity index (χ1v) is 3.86. The Bertz CT molecular complexity index is 370. The maximum absolute atomic E-state index is 8.59. The van der Waals surface area contributed by atoms with Crippen molar-refractivity contribution in [3.8, 4) is 17.6 Å². The van der Waals surface area contributed by atoms with Gasteiger partial charge in [0.2, 0.25) is 6.79 Å². The summed E-state index contributed by atoms with van der Waals surface area (Å²) in [5.41, 5.74) is 6.27. The second-order valence-corrected chi connectivity index (χ2v) is 2.72. The van der Waals surface area contributed by atoms with E-state index < -0.39 is 6.04 Å². The van der Waals surface area contributed by atoms with Crippen molar-refractivity contribution in [2.75, 3.05) is 6.79 Å². The van der Waals surface area contributed by atoms with Gasteiger partial charge >= 0.3 is 0 Å². The Morgan fingerprint density at radius 1 is 1.38 bits per heavy atom. The molecule has 1 aromatic rings. The molecule has 0 saturated carbocycles. The van der Waals surface area contributed by atoms with E-state index in [1.165, 1.54) is 0 Å². The Morgan fingerprint density at radius 3 is 2.92 bits per heavy atom. The van der Waals surface area contributed by atoms with Crippen LogP contribution in [-0.2, 0) is 0 Å². The van der Waals surface area contributed by atoms with E-state index in [4.69, 9.17) is 20.5 Å². The second-order valence-electron chi connectivity index (χ2n) is 2.72. The maximum atomic E-state index is 8.59. The monoisotopic (exact) mass is 176 g/mol. The smallest absolute Gasteiger partial charge is 0.231 e. The lowest BCUT2D eigenvalue weighted by Crippen LogP contribution is -2.06. The molecular formula is C9H8N2O2. The molecular weight excluding hydrogens is 168 g/mol. The molecule has 0 amide bonds. The van der Waals surface area contributed by atoms with E-state index >= 15 is 0 Å². The second kappa shape index (κ2) is 2.96. The van der Waals surface area contributed by atoms with Crippen LogP contribution in [0.3, 0.4) is 0 Å². The lowest BCUT2D eigenvalue weighted by atomic mass is 10.1. The van der Waals surface area contributed by atoms with Crippen molar-refractivity contribution >= 4 is 0 Å². The topological polar surface area (TPSA) is 68.3 Å². The van der Waals surface area contributed by atoms with Crippen LogP contribution >= 0.6 is 0 Å². The number of fused-ring (bicyclic) bond motifs is 1. The number of nitrogens with zero attached hydrogens (tertiary/aromatic N) is 1. The highest BCUT2D eigenvalue weighted by atomic mass is 16.7. The number of hydrogen-bond acceptors (Lipinski definition) is 4. The van der Waals surface area contributed by atoms with Crippen molar-refractivity contribution in [2.45, 2.75) is 6.04 Å². The zero-order valence-corrected chi connectivity index (χ0v) is 6.86. The van der Waals surface area contributed by atoms with Gasteiger partial charge in [0, 0.05) is 0 Å². The van der Waals surface area contributed by atoms with Crippen LogP contribution in [0.5, 0.6) is 11.5 Å². The molecule has 0 radical (unpaired) electrons. The fourth-order valence-electron chi connectivity index (χ4n) is 1.18. The molecule has 0 bridgehead atoms. The molecule has 1 aliphatic heterocycles. The molecule has 2 N–H and O–H groups in total. The number of hydrogen-bond donors (Lipinski definition) is 1. The summed E-state index contributed by atoms with van der Waals surface area (Å²) in [5, 5.41) is 8.59. The van der Waals surface area contributed by atoms with Crippen molar-refractivity contribution < 1.29 is 9.47 Å². The molecule has 13 heavy (non-hydrogen) atoms. The lowest BCUT2D eigenvalue weighted by molar-refractivity contribution is 0.174. The first kappa shape index (κ1) is 7.90. The maximum Gasteiger partial charge on any atom is 0.231 e. The van der Waals surface area contributed by atoms with Crippen molar-refractivity contribution in [1.29, 1.82) is 5.26 Å². The van der Waals surface area contributed by atoms with E-state index in [9.17, 15) is 0 Å². The number of rotatable bonds is 1. The summed E-state index contributed by atoms with van der Waals surface area (Å²) >= 11 is 0. The van der Waals surface area contributed by atoms with E-state index in [-0.39, 0.29) is 6.79 Å². The Balaban J connectivity index is 2.37. The first-order valence-electron chi connectivity index (χ1n) is 3.86. The highest BCUT2D eigenvalue weighted by Crippen LogP contribution is 2.33. The predicted octanol–water partition coefficient (Wildman–Crippen LogP) is 0.939. The van der Waals surface area contributed by atoms with Gasteiger partial charge in [0.1, 0.15) is 6.04 Å². The van der Waals surface area contributed by atoms with Gasteiger partial charge in [-0.1, -0.05) is 6.07 Å². The third-order valence-corrected chi connectivity index (χ3v) is 1.89. The third kappa shape index (κ3) is 1.30. The minimum absolute atomic E-state index is 0.237. The van der Waals surface area contributed by atoms with Crippen LogP contribution in [-0.4, -0.2) is 6.79 Å². The largest absolute Gasteiger partial charge is 0.454 e. The van der Waals surface area contributed by atoms with Crippen LogP contribution in [0.1, 0.15) is 11.6 Å². The molecule has 1 atom stereocenters. The van der Waals surface area contributed by atoms with E-state index in [1.807, 2.05) is 6.07 Å². The van der Waals surface area contributed by atoms with E-state index in [0.717, 1.165) is 5.56 Å². The zero-order chi connectivity index (χ0) is 9.26. The molecule has 0 saturated heterocycles. The average Bonchev–Trinajstić information content (AvgIpc) is 2.63. The van der Waals surface area contributed by atoms with Crippen LogP contribution in [0.25, 0.3) is 0 Å². The number of nitrogens with two attached hydrogens (primary N) is 1. The van der Waals surface area contributed by atoms with Crippen LogP contribution in [0.4, 0.5) is 0 Å². The molecule has 2 rings (SSSR count). The average molecular weight is 176 g/mol. The van der Waals surface area contributed by atoms with Crippen molar-refractivity contribution in [2.24, 2.45) is 5.73 Å². The summed E-state index contributed by atoms with van der Waals surface area (Å²) in [7, 11) is 0. The van der Waals surface area contributed by atoms with E-state index in [1.54, 1.807) is 18.2 Å². The third-order valence-electron chi connectivity index (χ3n) is 1.89. The van der Waals surface area contributed by atoms with Gasteiger partial charge in [0.15, 0.2) is 11.5 Å². The lowest BCUT2D eigenvalue weighted by Gasteiger charge is -2.03. The summed E-state index contributed by atoms with van der Waals surface area (Å²) in [4.78, 5) is 0. The Labute approximate surface area is 75.5 Å². The Hall–Kier alpha value is -1.73. The molecule has 1 aromatic carbocycles. The number of nitriles is 1. The van der Waals surface area contributed by atoms with Crippen LogP contribution in [0.15, 0.2) is 18.2 Å². The van der Waals surface area contributed by atoms with Crippen LogP contribution in [0, 0.1) is 11.3 Å². The van der Waals surface area contributed by atoms with Gasteiger partial charge in [-0.25, -0.2) is 0 Å². The molecule has 0 spiro atoms. The predicted molar refractivity (Wildman–Crippen MR) is 45.1 cm³/mol. The van der Waals surface area contributed by atoms with E-state index in [0.29, 0.717) is 11.5 Å². The van der Waals surface area contributed by atoms with Crippen molar-refractivity contribution in [3.05, 3.63) is 23.8 Å². The van der Waals surface area contributed by atoms with Gasteiger partial charge in [0.05, 0.1) is 6.07 Å². The van der Waals surface area contributed by atoms with Crippen molar-refractivity contribution in [3.63, 3.8) is 0 Å². The minimum Gasteiger partial charge on any atom is -0.454 e. The molecule has 0 aromatic heterocycles. The summed E-state index contributed by atoms with van der Waals surface area (Å²) < 4.78 is 10.3. The summed E-state index contributed by atoms with van der Waals surface area (Å²) in [6, 6.07) is 6.61. The molecule has 0 aliphatic carbocycles. The van der Waals surface area contributed by atoms with Gasteiger partial charge in [-0.15, -0.1) is 0 Å². The molecule has 0 unspecified atom stereocenters. The van der Waals surface area contributed by atoms with Crippen molar-refractivity contribution in [1.82, 2.24) is 0 Å². The van der Waals surface area contributed by atoms with Gasteiger partial charge in [-0.3, -0.25) is 0 Å². The summed E-state index contributed by atoms with van der Waals surface area (Å²) in [6.45, 7) is 0.237. The Kier molecular flexibility index (Phi) is 1.80. The van der Waals surface area contributed by atoms with Gasteiger partial charge in [-0.05, 0) is 17.7 Å². The number of ether oxygens (including phenoxy) is 2. The molecule has 66 valence electrons. The SMILES string of the molecule is N#C[C@@H](N)c1ccc2c(c1)OCO2. The van der Waals surface area contributed by atoms with Crippen LogP contribution < -0.4 is 15.2 Å². The van der Waals surface area contributed by atoms with E-state index in [2.05, 4.69) is 0 Å². The highest BCUT2D eigenvalue weighted by molar-refractivity contribution is 5.46. The summed E-state index contributed by atoms with van der Waals surface area (Å²) in [5.74, 6) is 1.36. The Morgan fingerprint density at radius 2 is 2.15 bits per heavy atom. The van der Waals surface area contributed by atoms with Gasteiger partial charge in [-0.2, -0.15) is 5.26 Å². The fourth-order valence-corrected chi connectivity index (χ4v) is 1.18. The standard InChI is InChI=1S/C9H8N2O2/c10-4-7(11)6-1-2-8-9(3-6)13-5-12-8/h1-3,7H,5,11H2/t7-/m1/s1. The normalized spacial score (nSPS) is 15.1. The molecule has 4 nitrogen and oxygen atoms in total. The molecule has 4 heteroatoms. The molecule has 1 aliphatic rings. The van der Waals surface area contributed by atoms with Gasteiger partial charge < -0.3 is 15.2 Å². The number of benzene rings is 1. The summed E-state index contributed by atoms with van der Waals surface area (Å²) in [6.07, 6.45) is 0. The fraction of sp³-hybridized carbons (Fsp3) is 0.222. The zero-order valence-electron chi connectivity index (χ0n) is 6.86. The van der Waals surface area contributed by atoms with Gasteiger partial charge in [0.25, 0.3) is 0 Å². The molecule has 0 fully saturated rings. The minimum atomic E-state index is -0.602. The quantitative estimate of drug-likeness (QED) is 0.691. The highest BCUT2D eigenvalue weighted by Gasteiger charge is 2.15. The first-order chi connectivity index (χ1) is 6.31.